The van der Waals surface area contributed by atoms with Gasteiger partial charge in [0.15, 0.2) is 0 Å². The van der Waals surface area contributed by atoms with E-state index in [9.17, 15) is 0 Å². The molecule has 0 radical (unpaired) electrons. The van der Waals surface area contributed by atoms with Crippen LogP contribution in [0.15, 0.2) is 40.8 Å². The van der Waals surface area contributed by atoms with Crippen LogP contribution in [0.2, 0.25) is 0 Å². The van der Waals surface area contributed by atoms with Gasteiger partial charge in [0.2, 0.25) is 5.89 Å². The van der Waals surface area contributed by atoms with Crippen molar-refractivity contribution in [1.82, 2.24) is 15.1 Å². The van der Waals surface area contributed by atoms with Gasteiger partial charge in [-0.15, -0.1) is 21.5 Å². The summed E-state index contributed by atoms with van der Waals surface area (Å²) in [5.41, 5.74) is 2.65. The number of rotatable bonds is 4. The lowest BCUT2D eigenvalue weighted by atomic mass is 10.1. The maximum Gasteiger partial charge on any atom is 0.257 e. The molecule has 0 saturated carbocycles. The van der Waals surface area contributed by atoms with Crippen molar-refractivity contribution in [3.05, 3.63) is 58.3 Å². The highest BCUT2D eigenvalue weighted by molar-refractivity contribution is 7.15. The van der Waals surface area contributed by atoms with E-state index >= 15 is 0 Å². The molecule has 3 aromatic rings. The first kappa shape index (κ1) is 15.5. The van der Waals surface area contributed by atoms with Crippen molar-refractivity contribution < 1.29 is 4.42 Å². The smallest absolute Gasteiger partial charge is 0.257 e. The van der Waals surface area contributed by atoms with Gasteiger partial charge in [0.1, 0.15) is 0 Å². The normalized spacial score (nSPS) is 18.3. The summed E-state index contributed by atoms with van der Waals surface area (Å²) in [5.74, 6) is 1.40. The summed E-state index contributed by atoms with van der Waals surface area (Å²) in [5, 5.41) is 8.61. The third-order valence-electron chi connectivity index (χ3n) is 4.51. The van der Waals surface area contributed by atoms with Crippen molar-refractivity contribution in [2.75, 3.05) is 6.54 Å². The first-order valence-electron chi connectivity index (χ1n) is 8.39. The molecule has 3 heterocycles. The lowest BCUT2D eigenvalue weighted by molar-refractivity contribution is 0.215. The quantitative estimate of drug-likeness (QED) is 0.688. The molecule has 1 saturated heterocycles. The van der Waals surface area contributed by atoms with Crippen LogP contribution >= 0.6 is 11.3 Å². The third-order valence-corrected chi connectivity index (χ3v) is 5.50. The van der Waals surface area contributed by atoms with Crippen LogP contribution in [0, 0.1) is 13.8 Å². The number of hydrogen-bond acceptors (Lipinski definition) is 5. The molecule has 24 heavy (non-hydrogen) atoms. The highest BCUT2D eigenvalue weighted by Crippen LogP contribution is 2.35. The maximum absolute atomic E-state index is 6.01. The van der Waals surface area contributed by atoms with Crippen LogP contribution in [0.25, 0.3) is 10.8 Å². The zero-order valence-electron chi connectivity index (χ0n) is 14.0. The Balaban J connectivity index is 1.53. The van der Waals surface area contributed by atoms with Crippen molar-refractivity contribution in [2.24, 2.45) is 0 Å². The van der Waals surface area contributed by atoms with E-state index in [4.69, 9.17) is 4.42 Å². The van der Waals surface area contributed by atoms with Crippen molar-refractivity contribution >= 4 is 11.3 Å². The molecule has 1 aliphatic heterocycles. The number of aryl methyl sites for hydroxylation is 2. The molecule has 4 rings (SSSR count). The van der Waals surface area contributed by atoms with E-state index < -0.39 is 0 Å². The summed E-state index contributed by atoms with van der Waals surface area (Å²) in [6.45, 7) is 6.24. The fourth-order valence-electron chi connectivity index (χ4n) is 3.36. The van der Waals surface area contributed by atoms with Crippen molar-refractivity contribution in [3.63, 3.8) is 0 Å². The molecule has 124 valence electrons. The standard InChI is InChI=1S/C19H21N3OS/c1-13-5-3-6-15(11-13)12-22-10-4-7-16(22)18-20-21-19(23-18)17-9-8-14(2)24-17/h3,5-6,8-9,11,16H,4,7,10,12H2,1-2H3/t16-/m1/s1. The van der Waals surface area contributed by atoms with Crippen LogP contribution in [-0.2, 0) is 6.54 Å². The highest BCUT2D eigenvalue weighted by Gasteiger charge is 2.30. The molecule has 4 nitrogen and oxygen atoms in total. The average Bonchev–Trinajstić information content (AvgIpc) is 3.27. The largest absolute Gasteiger partial charge is 0.418 e. The second kappa shape index (κ2) is 6.49. The van der Waals surface area contributed by atoms with E-state index in [1.807, 2.05) is 0 Å². The molecule has 0 N–H and O–H groups in total. The minimum Gasteiger partial charge on any atom is -0.418 e. The molecule has 0 spiro atoms. The Morgan fingerprint density at radius 1 is 1.21 bits per heavy atom. The summed E-state index contributed by atoms with van der Waals surface area (Å²) < 4.78 is 6.01. The lowest BCUT2D eigenvalue weighted by Crippen LogP contribution is -2.23. The molecular formula is C19H21N3OS. The van der Waals surface area contributed by atoms with E-state index in [0.717, 1.165) is 30.3 Å². The molecule has 0 amide bonds. The van der Waals surface area contributed by atoms with Crippen LogP contribution in [0.1, 0.15) is 40.8 Å². The Labute approximate surface area is 146 Å². The van der Waals surface area contributed by atoms with E-state index in [0.29, 0.717) is 5.89 Å². The highest BCUT2D eigenvalue weighted by atomic mass is 32.1. The number of benzene rings is 1. The number of aromatic nitrogens is 2. The van der Waals surface area contributed by atoms with Crippen LogP contribution < -0.4 is 0 Å². The lowest BCUT2D eigenvalue weighted by Gasteiger charge is -2.21. The number of thiophene rings is 1. The Kier molecular flexibility index (Phi) is 4.21. The van der Waals surface area contributed by atoms with Gasteiger partial charge < -0.3 is 4.42 Å². The minimum absolute atomic E-state index is 0.229. The summed E-state index contributed by atoms with van der Waals surface area (Å²) >= 11 is 1.69. The van der Waals surface area contributed by atoms with Crippen molar-refractivity contribution in [3.8, 4) is 10.8 Å². The van der Waals surface area contributed by atoms with Crippen molar-refractivity contribution in [1.29, 1.82) is 0 Å². The summed E-state index contributed by atoms with van der Waals surface area (Å²) in [6, 6.07) is 13.1. The summed E-state index contributed by atoms with van der Waals surface area (Å²) in [7, 11) is 0. The van der Waals surface area contributed by atoms with Gasteiger partial charge in [0.25, 0.3) is 5.89 Å². The topological polar surface area (TPSA) is 42.2 Å². The fourth-order valence-corrected chi connectivity index (χ4v) is 4.15. The molecule has 5 heteroatoms. The van der Waals surface area contributed by atoms with Crippen LogP contribution in [0.5, 0.6) is 0 Å². The van der Waals surface area contributed by atoms with Gasteiger partial charge in [-0.2, -0.15) is 0 Å². The minimum atomic E-state index is 0.229. The van der Waals surface area contributed by atoms with Crippen molar-refractivity contribution in [2.45, 2.75) is 39.3 Å². The first-order valence-corrected chi connectivity index (χ1v) is 9.20. The third kappa shape index (κ3) is 3.14. The zero-order chi connectivity index (χ0) is 16.5. The van der Waals surface area contributed by atoms with Crippen LogP contribution in [0.3, 0.4) is 0 Å². The fraction of sp³-hybridized carbons (Fsp3) is 0.368. The second-order valence-electron chi connectivity index (χ2n) is 6.47. The maximum atomic E-state index is 6.01. The molecule has 0 aliphatic carbocycles. The molecule has 0 unspecified atom stereocenters. The molecule has 0 bridgehead atoms. The molecule has 2 aromatic heterocycles. The number of hydrogen-bond donors (Lipinski definition) is 0. The van der Waals surface area contributed by atoms with Gasteiger partial charge in [0, 0.05) is 11.4 Å². The predicted molar refractivity (Wildman–Crippen MR) is 95.9 cm³/mol. The molecule has 1 aliphatic rings. The van der Waals surface area contributed by atoms with E-state index in [-0.39, 0.29) is 6.04 Å². The van der Waals surface area contributed by atoms with Gasteiger partial charge >= 0.3 is 0 Å². The Hall–Kier alpha value is -1.98. The zero-order valence-corrected chi connectivity index (χ0v) is 14.8. The Morgan fingerprint density at radius 2 is 2.12 bits per heavy atom. The van der Waals surface area contributed by atoms with E-state index in [1.54, 1.807) is 11.3 Å². The van der Waals surface area contributed by atoms with Gasteiger partial charge in [0.05, 0.1) is 10.9 Å². The van der Waals surface area contributed by atoms with Gasteiger partial charge in [-0.25, -0.2) is 0 Å². The number of likely N-dealkylation sites (tertiary alicyclic amines) is 1. The number of nitrogens with zero attached hydrogens (tertiary/aromatic N) is 3. The first-order chi connectivity index (χ1) is 11.7. The Bertz CT molecular complexity index is 839. The van der Waals surface area contributed by atoms with Crippen LogP contribution in [0.4, 0.5) is 0 Å². The van der Waals surface area contributed by atoms with E-state index in [2.05, 4.69) is 65.3 Å². The molecular weight excluding hydrogens is 318 g/mol. The van der Waals surface area contributed by atoms with Crippen LogP contribution in [-0.4, -0.2) is 21.6 Å². The van der Waals surface area contributed by atoms with E-state index in [1.165, 1.54) is 22.4 Å². The average molecular weight is 339 g/mol. The van der Waals surface area contributed by atoms with Gasteiger partial charge in [-0.1, -0.05) is 29.8 Å². The van der Waals surface area contributed by atoms with Gasteiger partial charge in [-0.3, -0.25) is 4.90 Å². The SMILES string of the molecule is Cc1cccc(CN2CCC[C@@H]2c2nnc(-c3ccc(C)s3)o2)c1. The molecule has 1 fully saturated rings. The second-order valence-corrected chi connectivity index (χ2v) is 7.76. The monoisotopic (exact) mass is 339 g/mol. The van der Waals surface area contributed by atoms with Gasteiger partial charge in [-0.05, 0) is 50.9 Å². The molecule has 1 atom stereocenters. The molecule has 1 aromatic carbocycles. The predicted octanol–water partition coefficient (Wildman–Crippen LogP) is 4.75. The Morgan fingerprint density at radius 3 is 2.92 bits per heavy atom. The summed E-state index contributed by atoms with van der Waals surface area (Å²) in [6.07, 6.45) is 2.25. The summed E-state index contributed by atoms with van der Waals surface area (Å²) in [4.78, 5) is 4.76.